The van der Waals surface area contributed by atoms with Crippen LogP contribution in [0.25, 0.3) is 0 Å². The highest BCUT2D eigenvalue weighted by Gasteiger charge is 2.04. The van der Waals surface area contributed by atoms with Crippen molar-refractivity contribution >= 4 is 23.1 Å². The molecule has 2 N–H and O–H groups in total. The molecule has 3 rings (SSSR count). The molecule has 0 spiro atoms. The molecule has 0 aliphatic rings. The first kappa shape index (κ1) is 17.5. The smallest absolute Gasteiger partial charge is 0.224 e. The van der Waals surface area contributed by atoms with Crippen molar-refractivity contribution < 1.29 is 4.74 Å². The van der Waals surface area contributed by atoms with Gasteiger partial charge in [0.25, 0.3) is 0 Å². The van der Waals surface area contributed by atoms with Crippen LogP contribution in [0.4, 0.5) is 23.1 Å². The maximum atomic E-state index is 5.37. The Morgan fingerprint density at radius 3 is 2.50 bits per heavy atom. The van der Waals surface area contributed by atoms with E-state index < -0.39 is 0 Å². The second kappa shape index (κ2) is 8.20. The number of ether oxygens (including phenoxy) is 1. The highest BCUT2D eigenvalue weighted by atomic mass is 16.5. The van der Waals surface area contributed by atoms with Crippen LogP contribution in [-0.4, -0.2) is 31.2 Å². The van der Waals surface area contributed by atoms with Crippen molar-refractivity contribution in [1.82, 2.24) is 9.97 Å². The number of methoxy groups -OCH3 is 1. The van der Waals surface area contributed by atoms with E-state index in [-0.39, 0.29) is 0 Å². The molecule has 0 radical (unpaired) electrons. The van der Waals surface area contributed by atoms with Crippen molar-refractivity contribution in [1.29, 1.82) is 0 Å². The Bertz CT molecular complexity index is 849. The summed E-state index contributed by atoms with van der Waals surface area (Å²) in [5.41, 5.74) is 3.18. The van der Waals surface area contributed by atoms with Gasteiger partial charge in [-0.2, -0.15) is 4.98 Å². The fourth-order valence-corrected chi connectivity index (χ4v) is 2.53. The van der Waals surface area contributed by atoms with Gasteiger partial charge in [0.05, 0.1) is 7.11 Å². The summed E-state index contributed by atoms with van der Waals surface area (Å²) in [6.45, 7) is 0.588. The SMILES string of the molecule is COc1ccccc1CNc1nccc(Nc2ccc(N(C)C)cc2)n1. The minimum absolute atomic E-state index is 0.561. The molecule has 3 aromatic rings. The Labute approximate surface area is 153 Å². The quantitative estimate of drug-likeness (QED) is 0.674. The highest BCUT2D eigenvalue weighted by molar-refractivity contribution is 5.61. The second-order valence-electron chi connectivity index (χ2n) is 6.00. The zero-order chi connectivity index (χ0) is 18.4. The van der Waals surface area contributed by atoms with Gasteiger partial charge in [-0.25, -0.2) is 4.98 Å². The van der Waals surface area contributed by atoms with E-state index in [1.807, 2.05) is 56.6 Å². The van der Waals surface area contributed by atoms with E-state index in [0.29, 0.717) is 12.5 Å². The van der Waals surface area contributed by atoms with E-state index in [1.165, 1.54) is 0 Å². The standard InChI is InChI=1S/C20H23N5O/c1-25(2)17-10-8-16(9-11-17)23-19-12-13-21-20(24-19)22-14-15-6-4-5-7-18(15)26-3/h4-13H,14H2,1-3H3,(H2,21,22,23,24). The first-order valence-electron chi connectivity index (χ1n) is 8.39. The summed E-state index contributed by atoms with van der Waals surface area (Å²) in [6, 6.07) is 17.9. The first-order chi connectivity index (χ1) is 12.7. The van der Waals surface area contributed by atoms with E-state index in [1.54, 1.807) is 13.3 Å². The molecule has 1 heterocycles. The Kier molecular flexibility index (Phi) is 5.53. The second-order valence-corrected chi connectivity index (χ2v) is 6.00. The zero-order valence-corrected chi connectivity index (χ0v) is 15.2. The molecule has 0 saturated carbocycles. The van der Waals surface area contributed by atoms with Crippen molar-refractivity contribution in [2.24, 2.45) is 0 Å². The average Bonchev–Trinajstić information content (AvgIpc) is 2.67. The van der Waals surface area contributed by atoms with E-state index in [0.717, 1.165) is 28.5 Å². The molecule has 0 bridgehead atoms. The minimum Gasteiger partial charge on any atom is -0.496 e. The van der Waals surface area contributed by atoms with Crippen LogP contribution < -0.4 is 20.3 Å². The van der Waals surface area contributed by atoms with Crippen molar-refractivity contribution in [2.45, 2.75) is 6.54 Å². The van der Waals surface area contributed by atoms with Crippen LogP contribution in [0.15, 0.2) is 60.8 Å². The van der Waals surface area contributed by atoms with E-state index in [4.69, 9.17) is 4.74 Å². The number of para-hydroxylation sites is 1. The Hall–Kier alpha value is -3.28. The molecule has 0 atom stereocenters. The third-order valence-electron chi connectivity index (χ3n) is 3.94. The van der Waals surface area contributed by atoms with Gasteiger partial charge in [0.2, 0.25) is 5.95 Å². The van der Waals surface area contributed by atoms with Crippen molar-refractivity contribution in [3.63, 3.8) is 0 Å². The highest BCUT2D eigenvalue weighted by Crippen LogP contribution is 2.20. The van der Waals surface area contributed by atoms with Gasteiger partial charge in [-0.1, -0.05) is 18.2 Å². The van der Waals surface area contributed by atoms with Crippen LogP contribution in [0.1, 0.15) is 5.56 Å². The summed E-state index contributed by atoms with van der Waals surface area (Å²) < 4.78 is 5.37. The van der Waals surface area contributed by atoms with Crippen LogP contribution in [0.2, 0.25) is 0 Å². The van der Waals surface area contributed by atoms with Gasteiger partial charge in [0.15, 0.2) is 0 Å². The summed E-state index contributed by atoms with van der Waals surface area (Å²) >= 11 is 0. The van der Waals surface area contributed by atoms with Crippen LogP contribution in [-0.2, 0) is 6.54 Å². The Morgan fingerprint density at radius 2 is 1.77 bits per heavy atom. The number of rotatable bonds is 7. The number of aromatic nitrogens is 2. The normalized spacial score (nSPS) is 10.3. The molecule has 0 aliphatic carbocycles. The number of hydrogen-bond donors (Lipinski definition) is 2. The number of hydrogen-bond acceptors (Lipinski definition) is 6. The number of anilines is 4. The molecular formula is C20H23N5O. The molecule has 0 fully saturated rings. The molecule has 1 aromatic heterocycles. The largest absolute Gasteiger partial charge is 0.496 e. The third kappa shape index (κ3) is 4.42. The van der Waals surface area contributed by atoms with Gasteiger partial charge in [-0.3, -0.25) is 0 Å². The maximum absolute atomic E-state index is 5.37. The fraction of sp³-hybridized carbons (Fsp3) is 0.200. The minimum atomic E-state index is 0.561. The molecule has 134 valence electrons. The lowest BCUT2D eigenvalue weighted by atomic mass is 10.2. The van der Waals surface area contributed by atoms with Gasteiger partial charge < -0.3 is 20.3 Å². The summed E-state index contributed by atoms with van der Waals surface area (Å²) in [6.07, 6.45) is 1.73. The van der Waals surface area contributed by atoms with Gasteiger partial charge in [-0.15, -0.1) is 0 Å². The van der Waals surface area contributed by atoms with Gasteiger partial charge in [0, 0.05) is 43.8 Å². The molecule has 26 heavy (non-hydrogen) atoms. The van der Waals surface area contributed by atoms with Crippen LogP contribution in [0.3, 0.4) is 0 Å². The number of nitrogens with one attached hydrogen (secondary N) is 2. The maximum Gasteiger partial charge on any atom is 0.224 e. The summed E-state index contributed by atoms with van der Waals surface area (Å²) in [4.78, 5) is 10.9. The van der Waals surface area contributed by atoms with Gasteiger partial charge in [-0.05, 0) is 36.4 Å². The summed E-state index contributed by atoms with van der Waals surface area (Å²) in [7, 11) is 5.71. The zero-order valence-electron chi connectivity index (χ0n) is 15.2. The summed E-state index contributed by atoms with van der Waals surface area (Å²) in [5, 5.41) is 6.53. The van der Waals surface area contributed by atoms with Crippen molar-refractivity contribution in [2.75, 3.05) is 36.7 Å². The van der Waals surface area contributed by atoms with Crippen LogP contribution in [0, 0.1) is 0 Å². The molecule has 0 aliphatic heterocycles. The molecule has 2 aromatic carbocycles. The first-order valence-corrected chi connectivity index (χ1v) is 8.39. The van der Waals surface area contributed by atoms with Gasteiger partial charge >= 0.3 is 0 Å². The Morgan fingerprint density at radius 1 is 1.00 bits per heavy atom. The third-order valence-corrected chi connectivity index (χ3v) is 3.94. The van der Waals surface area contributed by atoms with E-state index in [9.17, 15) is 0 Å². The van der Waals surface area contributed by atoms with Crippen LogP contribution >= 0.6 is 0 Å². The fourth-order valence-electron chi connectivity index (χ4n) is 2.53. The Balaban J connectivity index is 1.66. The lowest BCUT2D eigenvalue weighted by Crippen LogP contribution is -2.08. The molecular weight excluding hydrogens is 326 g/mol. The van der Waals surface area contributed by atoms with Crippen LogP contribution in [0.5, 0.6) is 5.75 Å². The predicted molar refractivity (Wildman–Crippen MR) is 106 cm³/mol. The molecule has 6 heteroatoms. The van der Waals surface area contributed by atoms with E-state index in [2.05, 4.69) is 37.6 Å². The predicted octanol–water partition coefficient (Wildman–Crippen LogP) is 3.91. The lowest BCUT2D eigenvalue weighted by molar-refractivity contribution is 0.410. The lowest BCUT2D eigenvalue weighted by Gasteiger charge is -2.13. The van der Waals surface area contributed by atoms with Gasteiger partial charge in [0.1, 0.15) is 11.6 Å². The molecule has 0 amide bonds. The number of benzene rings is 2. The number of nitrogens with zero attached hydrogens (tertiary/aromatic N) is 3. The molecule has 0 saturated heterocycles. The van der Waals surface area contributed by atoms with Crippen molar-refractivity contribution in [3.8, 4) is 5.75 Å². The average molecular weight is 349 g/mol. The van der Waals surface area contributed by atoms with Crippen molar-refractivity contribution in [3.05, 3.63) is 66.4 Å². The van der Waals surface area contributed by atoms with E-state index >= 15 is 0 Å². The monoisotopic (exact) mass is 349 g/mol. The molecule has 6 nitrogen and oxygen atoms in total. The molecule has 0 unspecified atom stereocenters. The topological polar surface area (TPSA) is 62.3 Å². The summed E-state index contributed by atoms with van der Waals surface area (Å²) in [5.74, 6) is 2.14.